The monoisotopic (exact) mass is 383 g/mol. The number of aromatic nitrogens is 3. The van der Waals surface area contributed by atoms with E-state index in [-0.39, 0.29) is 30.4 Å². The molecule has 1 unspecified atom stereocenters. The lowest BCUT2D eigenvalue weighted by atomic mass is 9.83. The van der Waals surface area contributed by atoms with Gasteiger partial charge in [0.05, 0.1) is 23.6 Å². The second-order valence-electron chi connectivity index (χ2n) is 7.35. The van der Waals surface area contributed by atoms with Gasteiger partial charge in [0.1, 0.15) is 6.61 Å². The number of rotatable bonds is 4. The summed E-state index contributed by atoms with van der Waals surface area (Å²) in [5.74, 6) is 0.277. The zero-order chi connectivity index (χ0) is 19.5. The number of nitrogens with zero attached hydrogens (tertiary/aromatic N) is 4. The second-order valence-corrected chi connectivity index (χ2v) is 7.35. The van der Waals surface area contributed by atoms with Crippen molar-refractivity contribution < 1.29 is 14.3 Å². The summed E-state index contributed by atoms with van der Waals surface area (Å²) in [5, 5.41) is 0. The number of ether oxygens (including phenoxy) is 1. The van der Waals surface area contributed by atoms with Crippen LogP contribution in [0.15, 0.2) is 30.9 Å². The summed E-state index contributed by atoms with van der Waals surface area (Å²) in [5.41, 5.74) is 2.69. The molecule has 2 aromatic rings. The fourth-order valence-electron chi connectivity index (χ4n) is 4.36. The number of hydrogen-bond acceptors (Lipinski definition) is 5. The highest BCUT2D eigenvalue weighted by Gasteiger charge is 2.39. The Morgan fingerprint density at radius 3 is 2.82 bits per heavy atom. The number of fused-ring (bicyclic) bond motifs is 1. The molecule has 2 aromatic heterocycles. The molecule has 28 heavy (non-hydrogen) atoms. The molecule has 2 aliphatic heterocycles. The number of likely N-dealkylation sites (tertiary alicyclic amines) is 1. The van der Waals surface area contributed by atoms with Crippen LogP contribution in [0, 0.1) is 5.92 Å². The van der Waals surface area contributed by atoms with Gasteiger partial charge >= 0.3 is 0 Å². The maximum Gasteiger partial charge on any atom is 0.255 e. The van der Waals surface area contributed by atoms with Crippen molar-refractivity contribution in [1.29, 1.82) is 0 Å². The predicted octanol–water partition coefficient (Wildman–Crippen LogP) is 1.43. The van der Waals surface area contributed by atoms with E-state index in [1.54, 1.807) is 38.0 Å². The van der Waals surface area contributed by atoms with Crippen LogP contribution in [0.1, 0.15) is 40.6 Å². The van der Waals surface area contributed by atoms with Gasteiger partial charge in [-0.25, -0.2) is 4.98 Å². The fourth-order valence-corrected chi connectivity index (χ4v) is 4.36. The summed E-state index contributed by atoms with van der Waals surface area (Å²) in [7, 11) is 1.54. The molecule has 8 nitrogen and oxygen atoms in total. The zero-order valence-corrected chi connectivity index (χ0v) is 16.0. The van der Waals surface area contributed by atoms with Gasteiger partial charge in [0.15, 0.2) is 0 Å². The van der Waals surface area contributed by atoms with Crippen LogP contribution in [-0.2, 0) is 16.0 Å². The summed E-state index contributed by atoms with van der Waals surface area (Å²) >= 11 is 0. The number of aromatic amines is 1. The highest BCUT2D eigenvalue weighted by Crippen LogP contribution is 2.38. The normalized spacial score (nSPS) is 20.1. The first-order valence-electron chi connectivity index (χ1n) is 9.69. The number of hydrogen-bond donors (Lipinski definition) is 1. The highest BCUT2D eigenvalue weighted by atomic mass is 16.5. The molecule has 0 saturated carbocycles. The summed E-state index contributed by atoms with van der Waals surface area (Å²) in [6.07, 6.45) is 7.43. The molecule has 1 atom stereocenters. The Morgan fingerprint density at radius 1 is 1.29 bits per heavy atom. The van der Waals surface area contributed by atoms with Crippen molar-refractivity contribution in [3.05, 3.63) is 47.8 Å². The molecule has 1 N–H and O–H groups in total. The number of nitrogens with one attached hydrogen (secondary N) is 1. The summed E-state index contributed by atoms with van der Waals surface area (Å²) in [4.78, 5) is 40.9. The molecular formula is C20H25N5O3. The number of piperidine rings is 1. The SMILES string of the molecule is COCC(=O)N1CCc2[nH]cnc2C1C1CCN(C(=O)c2cccnc2)CC1. The molecule has 0 spiro atoms. The lowest BCUT2D eigenvalue weighted by Gasteiger charge is -2.43. The van der Waals surface area contributed by atoms with Crippen molar-refractivity contribution in [1.82, 2.24) is 24.8 Å². The van der Waals surface area contributed by atoms with E-state index in [1.807, 2.05) is 9.80 Å². The minimum Gasteiger partial charge on any atom is -0.375 e. The molecule has 4 rings (SSSR count). The Morgan fingerprint density at radius 2 is 2.11 bits per heavy atom. The van der Waals surface area contributed by atoms with Crippen LogP contribution in [0.25, 0.3) is 0 Å². The van der Waals surface area contributed by atoms with Gasteiger partial charge in [-0.15, -0.1) is 0 Å². The van der Waals surface area contributed by atoms with Crippen molar-refractivity contribution >= 4 is 11.8 Å². The van der Waals surface area contributed by atoms with E-state index in [0.717, 1.165) is 30.7 Å². The molecule has 0 bridgehead atoms. The summed E-state index contributed by atoms with van der Waals surface area (Å²) in [6.45, 7) is 2.08. The Labute approximate surface area is 163 Å². The Bertz CT molecular complexity index is 829. The number of H-pyrrole nitrogens is 1. The Kier molecular flexibility index (Phi) is 5.38. The van der Waals surface area contributed by atoms with Gasteiger partial charge in [-0.1, -0.05) is 0 Å². The lowest BCUT2D eigenvalue weighted by Crippen LogP contribution is -2.48. The number of methoxy groups -OCH3 is 1. The molecule has 148 valence electrons. The average molecular weight is 383 g/mol. The van der Waals surface area contributed by atoms with Crippen LogP contribution in [-0.4, -0.2) is 69.9 Å². The van der Waals surface area contributed by atoms with Gasteiger partial charge < -0.3 is 19.5 Å². The van der Waals surface area contributed by atoms with E-state index >= 15 is 0 Å². The van der Waals surface area contributed by atoms with Crippen LogP contribution in [0.5, 0.6) is 0 Å². The number of carbonyl (C=O) groups excluding carboxylic acids is 2. The smallest absolute Gasteiger partial charge is 0.255 e. The topological polar surface area (TPSA) is 91.4 Å². The van der Waals surface area contributed by atoms with Gasteiger partial charge in [0.25, 0.3) is 5.91 Å². The number of pyridine rings is 1. The van der Waals surface area contributed by atoms with Crippen LogP contribution < -0.4 is 0 Å². The van der Waals surface area contributed by atoms with E-state index in [2.05, 4.69) is 15.0 Å². The third kappa shape index (κ3) is 3.52. The van der Waals surface area contributed by atoms with Gasteiger partial charge in [-0.2, -0.15) is 0 Å². The van der Waals surface area contributed by atoms with E-state index < -0.39 is 0 Å². The van der Waals surface area contributed by atoms with E-state index in [4.69, 9.17) is 4.74 Å². The highest BCUT2D eigenvalue weighted by molar-refractivity contribution is 5.93. The lowest BCUT2D eigenvalue weighted by molar-refractivity contribution is -0.140. The minimum atomic E-state index is -0.0618. The molecule has 4 heterocycles. The van der Waals surface area contributed by atoms with E-state index in [0.29, 0.717) is 25.2 Å². The predicted molar refractivity (Wildman–Crippen MR) is 101 cm³/mol. The van der Waals surface area contributed by atoms with Crippen molar-refractivity contribution in [3.8, 4) is 0 Å². The van der Waals surface area contributed by atoms with Crippen LogP contribution in [0.4, 0.5) is 0 Å². The fraction of sp³-hybridized carbons (Fsp3) is 0.500. The Balaban J connectivity index is 1.49. The van der Waals surface area contributed by atoms with Crippen LogP contribution in [0.3, 0.4) is 0 Å². The first-order chi connectivity index (χ1) is 13.7. The Hall–Kier alpha value is -2.74. The quantitative estimate of drug-likeness (QED) is 0.862. The van der Waals surface area contributed by atoms with Gasteiger partial charge in [0.2, 0.25) is 5.91 Å². The average Bonchev–Trinajstić information content (AvgIpc) is 3.22. The third-order valence-electron chi connectivity index (χ3n) is 5.74. The molecule has 2 amide bonds. The third-order valence-corrected chi connectivity index (χ3v) is 5.74. The van der Waals surface area contributed by atoms with Crippen molar-refractivity contribution in [3.63, 3.8) is 0 Å². The van der Waals surface area contributed by atoms with Crippen molar-refractivity contribution in [2.24, 2.45) is 5.92 Å². The summed E-state index contributed by atoms with van der Waals surface area (Å²) < 4.78 is 5.08. The molecule has 0 radical (unpaired) electrons. The standard InChI is InChI=1S/C20H25N5O3/c1-28-12-17(26)25-10-6-16-18(23-13-22-16)19(25)14-4-8-24(9-5-14)20(27)15-3-2-7-21-11-15/h2-3,7,11,13-14,19H,4-6,8-10,12H2,1H3,(H,22,23). The first kappa shape index (κ1) is 18.6. The molecule has 0 aromatic carbocycles. The maximum absolute atomic E-state index is 12.7. The van der Waals surface area contributed by atoms with Crippen molar-refractivity contribution in [2.75, 3.05) is 33.4 Å². The minimum absolute atomic E-state index is 0.00461. The molecular weight excluding hydrogens is 358 g/mol. The zero-order valence-electron chi connectivity index (χ0n) is 16.0. The molecule has 1 fully saturated rings. The summed E-state index contributed by atoms with van der Waals surface area (Å²) in [6, 6.07) is 3.51. The molecule has 0 aliphatic carbocycles. The number of amides is 2. The maximum atomic E-state index is 12.7. The van der Waals surface area contributed by atoms with Gasteiger partial charge in [0, 0.05) is 51.3 Å². The largest absolute Gasteiger partial charge is 0.375 e. The van der Waals surface area contributed by atoms with Crippen molar-refractivity contribution in [2.45, 2.75) is 25.3 Å². The molecule has 2 aliphatic rings. The first-order valence-corrected chi connectivity index (χ1v) is 9.69. The second kappa shape index (κ2) is 8.10. The van der Waals surface area contributed by atoms with Crippen LogP contribution >= 0.6 is 0 Å². The number of imidazole rings is 1. The van der Waals surface area contributed by atoms with Gasteiger partial charge in [-0.3, -0.25) is 14.6 Å². The number of carbonyl (C=O) groups is 2. The van der Waals surface area contributed by atoms with E-state index in [1.165, 1.54) is 0 Å². The molecule has 8 heteroatoms. The van der Waals surface area contributed by atoms with E-state index in [9.17, 15) is 9.59 Å². The molecule has 1 saturated heterocycles. The van der Waals surface area contributed by atoms with Crippen LogP contribution in [0.2, 0.25) is 0 Å². The van der Waals surface area contributed by atoms with Gasteiger partial charge in [-0.05, 0) is 30.9 Å².